The van der Waals surface area contributed by atoms with Gasteiger partial charge in [0.15, 0.2) is 0 Å². The molecule has 0 saturated heterocycles. The molecule has 100 valence electrons. The number of nitrogens with one attached hydrogen (secondary N) is 1. The molecule has 0 bridgehead atoms. The lowest BCUT2D eigenvalue weighted by molar-refractivity contribution is 0.251. The van der Waals surface area contributed by atoms with E-state index in [4.69, 9.17) is 5.73 Å². The minimum atomic E-state index is -3.69. The summed E-state index contributed by atoms with van der Waals surface area (Å²) in [6.45, 7) is 1.83. The van der Waals surface area contributed by atoms with Gasteiger partial charge in [-0.2, -0.15) is 0 Å². The maximum atomic E-state index is 13.1. The van der Waals surface area contributed by atoms with Gasteiger partial charge in [0.05, 0.1) is 4.90 Å². The minimum Gasteiger partial charge on any atom is -0.324 e. The van der Waals surface area contributed by atoms with Crippen LogP contribution in [-0.2, 0) is 10.0 Å². The Labute approximate surface area is 106 Å². The van der Waals surface area contributed by atoms with Crippen molar-refractivity contribution in [1.82, 2.24) is 4.72 Å². The normalized spacial score (nSPS) is 18.4. The van der Waals surface area contributed by atoms with Gasteiger partial charge in [-0.05, 0) is 43.9 Å². The van der Waals surface area contributed by atoms with Gasteiger partial charge >= 0.3 is 0 Å². The molecule has 1 fully saturated rings. The molecule has 2 rings (SSSR count). The fourth-order valence-corrected chi connectivity index (χ4v) is 3.38. The number of nitrogens with two attached hydrogens (primary N) is 1. The van der Waals surface area contributed by atoms with E-state index in [-0.39, 0.29) is 11.4 Å². The Hall–Kier alpha value is -0.980. The molecule has 0 unspecified atom stereocenters. The summed E-state index contributed by atoms with van der Waals surface area (Å²) >= 11 is 0. The van der Waals surface area contributed by atoms with E-state index in [1.807, 2.05) is 0 Å². The third-order valence-electron chi connectivity index (χ3n) is 3.40. The number of hydrogen-bond donors (Lipinski definition) is 2. The smallest absolute Gasteiger partial charge is 0.240 e. The molecule has 6 heteroatoms. The second kappa shape index (κ2) is 4.60. The lowest BCUT2D eigenvalue weighted by Crippen LogP contribution is -2.54. The molecular weight excluding hydrogens is 255 g/mol. The van der Waals surface area contributed by atoms with Gasteiger partial charge in [0.1, 0.15) is 5.82 Å². The highest BCUT2D eigenvalue weighted by Crippen LogP contribution is 2.28. The first-order valence-electron chi connectivity index (χ1n) is 5.87. The third-order valence-corrected chi connectivity index (χ3v) is 4.95. The maximum absolute atomic E-state index is 13.1. The lowest BCUT2D eigenvalue weighted by Gasteiger charge is -2.38. The quantitative estimate of drug-likeness (QED) is 0.867. The van der Waals surface area contributed by atoms with Crippen molar-refractivity contribution in [2.75, 3.05) is 6.54 Å². The standard InChI is InChI=1S/C12H17FN2O2S/c1-9-3-4-10(13)7-11(9)18(16,17)15-8-12(14)5-2-6-12/h3-4,7,15H,2,5-6,8,14H2,1H3. The molecule has 0 radical (unpaired) electrons. The average molecular weight is 272 g/mol. The molecule has 1 aromatic rings. The predicted molar refractivity (Wildman–Crippen MR) is 67.1 cm³/mol. The lowest BCUT2D eigenvalue weighted by atomic mass is 9.78. The van der Waals surface area contributed by atoms with E-state index in [1.54, 1.807) is 6.92 Å². The average Bonchev–Trinajstić information content (AvgIpc) is 2.27. The molecule has 4 nitrogen and oxygen atoms in total. The van der Waals surface area contributed by atoms with Crippen LogP contribution in [0.25, 0.3) is 0 Å². The zero-order valence-corrected chi connectivity index (χ0v) is 11.1. The van der Waals surface area contributed by atoms with Crippen molar-refractivity contribution in [3.05, 3.63) is 29.6 Å². The Kier molecular flexibility index (Phi) is 3.44. The first kappa shape index (κ1) is 13.5. The van der Waals surface area contributed by atoms with Crippen molar-refractivity contribution >= 4 is 10.0 Å². The molecule has 0 heterocycles. The van der Waals surface area contributed by atoms with Crippen molar-refractivity contribution in [1.29, 1.82) is 0 Å². The summed E-state index contributed by atoms with van der Waals surface area (Å²) in [6, 6.07) is 3.72. The van der Waals surface area contributed by atoms with Gasteiger partial charge in [-0.25, -0.2) is 17.5 Å². The Morgan fingerprint density at radius 2 is 2.11 bits per heavy atom. The van der Waals surface area contributed by atoms with Gasteiger partial charge in [-0.15, -0.1) is 0 Å². The highest BCUT2D eigenvalue weighted by molar-refractivity contribution is 7.89. The van der Waals surface area contributed by atoms with Crippen LogP contribution in [0, 0.1) is 12.7 Å². The van der Waals surface area contributed by atoms with Crippen LogP contribution in [0.5, 0.6) is 0 Å². The molecule has 3 N–H and O–H groups in total. The molecular formula is C12H17FN2O2S. The van der Waals surface area contributed by atoms with E-state index in [9.17, 15) is 12.8 Å². The number of rotatable bonds is 4. The molecule has 1 aromatic carbocycles. The zero-order chi connectivity index (χ0) is 13.4. The molecule has 18 heavy (non-hydrogen) atoms. The van der Waals surface area contributed by atoms with Crippen LogP contribution < -0.4 is 10.5 Å². The molecule has 0 amide bonds. The van der Waals surface area contributed by atoms with Crippen molar-refractivity contribution in [3.63, 3.8) is 0 Å². The van der Waals surface area contributed by atoms with Crippen LogP contribution in [0.2, 0.25) is 0 Å². The molecule has 0 aliphatic heterocycles. The second-order valence-electron chi connectivity index (χ2n) is 4.95. The molecule has 0 atom stereocenters. The third kappa shape index (κ3) is 2.71. The van der Waals surface area contributed by atoms with Gasteiger partial charge in [-0.3, -0.25) is 0 Å². The van der Waals surface area contributed by atoms with Gasteiger partial charge in [0.2, 0.25) is 10.0 Å². The van der Waals surface area contributed by atoms with Crippen LogP contribution in [0.15, 0.2) is 23.1 Å². The number of benzene rings is 1. The monoisotopic (exact) mass is 272 g/mol. The zero-order valence-electron chi connectivity index (χ0n) is 10.2. The molecule has 1 aliphatic rings. The summed E-state index contributed by atoms with van der Waals surface area (Å²) in [5.41, 5.74) is 6.04. The Morgan fingerprint density at radius 1 is 1.44 bits per heavy atom. The van der Waals surface area contributed by atoms with E-state index < -0.39 is 21.4 Å². The molecule has 1 aliphatic carbocycles. The summed E-state index contributed by atoms with van der Waals surface area (Å²) < 4.78 is 39.7. The van der Waals surface area contributed by atoms with Crippen LogP contribution in [-0.4, -0.2) is 20.5 Å². The Balaban J connectivity index is 2.17. The van der Waals surface area contributed by atoms with E-state index in [2.05, 4.69) is 4.72 Å². The van der Waals surface area contributed by atoms with Gasteiger partial charge < -0.3 is 5.73 Å². The maximum Gasteiger partial charge on any atom is 0.240 e. The van der Waals surface area contributed by atoms with Gasteiger partial charge in [0, 0.05) is 12.1 Å². The van der Waals surface area contributed by atoms with Crippen molar-refractivity contribution in [2.45, 2.75) is 36.6 Å². The van der Waals surface area contributed by atoms with E-state index >= 15 is 0 Å². The summed E-state index contributed by atoms with van der Waals surface area (Å²) in [6.07, 6.45) is 2.66. The van der Waals surface area contributed by atoms with Crippen LogP contribution in [0.4, 0.5) is 4.39 Å². The van der Waals surface area contributed by atoms with E-state index in [0.29, 0.717) is 5.56 Å². The second-order valence-corrected chi connectivity index (χ2v) is 6.69. The fourth-order valence-electron chi connectivity index (χ4n) is 1.99. The largest absolute Gasteiger partial charge is 0.324 e. The predicted octanol–water partition coefficient (Wildman–Crippen LogP) is 1.29. The summed E-state index contributed by atoms with van der Waals surface area (Å²) in [5.74, 6) is -0.563. The molecule has 1 saturated carbocycles. The highest BCUT2D eigenvalue weighted by atomic mass is 32.2. The first-order valence-corrected chi connectivity index (χ1v) is 7.35. The number of halogens is 1. The SMILES string of the molecule is Cc1ccc(F)cc1S(=O)(=O)NCC1(N)CCC1. The molecule has 0 spiro atoms. The van der Waals surface area contributed by atoms with Crippen molar-refractivity contribution in [2.24, 2.45) is 5.73 Å². The summed E-state index contributed by atoms with van der Waals surface area (Å²) in [5, 5.41) is 0. The highest BCUT2D eigenvalue weighted by Gasteiger charge is 2.34. The van der Waals surface area contributed by atoms with Crippen LogP contribution in [0.1, 0.15) is 24.8 Å². The van der Waals surface area contributed by atoms with Crippen molar-refractivity contribution in [3.8, 4) is 0 Å². The summed E-state index contributed by atoms with van der Waals surface area (Å²) in [7, 11) is -3.69. The fraction of sp³-hybridized carbons (Fsp3) is 0.500. The van der Waals surface area contributed by atoms with Gasteiger partial charge in [-0.1, -0.05) is 6.07 Å². The van der Waals surface area contributed by atoms with Crippen LogP contribution >= 0.6 is 0 Å². The number of aryl methyl sites for hydroxylation is 1. The minimum absolute atomic E-state index is 0.0228. The van der Waals surface area contributed by atoms with E-state index in [1.165, 1.54) is 12.1 Å². The van der Waals surface area contributed by atoms with Crippen molar-refractivity contribution < 1.29 is 12.8 Å². The van der Waals surface area contributed by atoms with Gasteiger partial charge in [0.25, 0.3) is 0 Å². The van der Waals surface area contributed by atoms with Crippen LogP contribution in [0.3, 0.4) is 0 Å². The van der Waals surface area contributed by atoms with E-state index in [0.717, 1.165) is 25.3 Å². The number of hydrogen-bond acceptors (Lipinski definition) is 3. The summed E-state index contributed by atoms with van der Waals surface area (Å²) in [4.78, 5) is -0.0228. The topological polar surface area (TPSA) is 72.2 Å². The Morgan fingerprint density at radius 3 is 2.67 bits per heavy atom. The number of sulfonamides is 1. The Bertz CT molecular complexity index is 553. The first-order chi connectivity index (χ1) is 8.32. The molecule has 0 aromatic heterocycles.